The van der Waals surface area contributed by atoms with E-state index in [0.717, 1.165) is 12.8 Å². The van der Waals surface area contributed by atoms with E-state index in [4.69, 9.17) is 14.2 Å². The van der Waals surface area contributed by atoms with Crippen LogP contribution in [0.3, 0.4) is 0 Å². The summed E-state index contributed by atoms with van der Waals surface area (Å²) < 4.78 is 16.6. The molecule has 2 heterocycles. The van der Waals surface area contributed by atoms with Gasteiger partial charge in [0.25, 0.3) is 0 Å². The number of hydrogen-bond donors (Lipinski definition) is 0. The summed E-state index contributed by atoms with van der Waals surface area (Å²) in [4.78, 5) is 36.4. The van der Waals surface area contributed by atoms with Gasteiger partial charge in [0.2, 0.25) is 0 Å². The molecule has 2 aliphatic heterocycles. The second kappa shape index (κ2) is 8.31. The Kier molecular flexibility index (Phi) is 6.03. The second-order valence-corrected chi connectivity index (χ2v) is 7.80. The van der Waals surface area contributed by atoms with Crippen LogP contribution in [0.5, 0.6) is 0 Å². The Morgan fingerprint density at radius 1 is 1.14 bits per heavy atom. The molecule has 0 spiro atoms. The predicted octanol–water partition coefficient (Wildman–Crippen LogP) is 1.95. The van der Waals surface area contributed by atoms with Crippen LogP contribution in [0, 0.1) is 5.92 Å². The maximum atomic E-state index is 12.6. The van der Waals surface area contributed by atoms with E-state index in [-0.39, 0.29) is 24.0 Å². The number of carbonyl (C=O) groups excluding carboxylic acids is 3. The van der Waals surface area contributed by atoms with Crippen molar-refractivity contribution in [2.24, 2.45) is 5.92 Å². The number of carbonyl (C=O) groups is 3. The minimum absolute atomic E-state index is 0.0321. The van der Waals surface area contributed by atoms with Gasteiger partial charge in [0.15, 0.2) is 0 Å². The van der Waals surface area contributed by atoms with Crippen molar-refractivity contribution in [1.82, 2.24) is 0 Å². The number of ether oxygens (including phenoxy) is 3. The lowest BCUT2D eigenvalue weighted by Crippen LogP contribution is -2.65. The molecule has 7 nitrogen and oxygen atoms in total. The van der Waals surface area contributed by atoms with Crippen molar-refractivity contribution in [2.75, 3.05) is 27.3 Å². The highest BCUT2D eigenvalue weighted by molar-refractivity contribution is 5.89. The van der Waals surface area contributed by atoms with Crippen molar-refractivity contribution in [3.63, 3.8) is 0 Å². The molecule has 1 aromatic rings. The molecule has 0 N–H and O–H groups in total. The molecule has 5 atom stereocenters. The number of fused-ring (bicyclic) bond motifs is 2. The quantitative estimate of drug-likeness (QED) is 0.420. The molecule has 1 unspecified atom stereocenters. The Hall–Kier alpha value is -2.41. The zero-order valence-electron chi connectivity index (χ0n) is 16.6. The van der Waals surface area contributed by atoms with E-state index in [0.29, 0.717) is 29.6 Å². The van der Waals surface area contributed by atoms with Gasteiger partial charge in [-0.1, -0.05) is 18.2 Å². The first-order valence-corrected chi connectivity index (χ1v) is 9.69. The minimum Gasteiger partial charge on any atom is -0.469 e. The predicted molar refractivity (Wildman–Crippen MR) is 100 cm³/mol. The highest BCUT2D eigenvalue weighted by Crippen LogP contribution is 2.45. The minimum atomic E-state index is -0.529. The van der Waals surface area contributed by atoms with E-state index in [1.165, 1.54) is 14.0 Å². The zero-order valence-corrected chi connectivity index (χ0v) is 16.6. The molecule has 2 aliphatic rings. The summed E-state index contributed by atoms with van der Waals surface area (Å²) in [5.74, 6) is -1.61. The van der Waals surface area contributed by atoms with Gasteiger partial charge in [0.05, 0.1) is 25.8 Å². The molecule has 0 aromatic heterocycles. The van der Waals surface area contributed by atoms with Gasteiger partial charge in [-0.3, -0.25) is 9.59 Å². The summed E-state index contributed by atoms with van der Waals surface area (Å²) >= 11 is 0. The Balaban J connectivity index is 1.79. The van der Waals surface area contributed by atoms with Crippen LogP contribution in [0.1, 0.15) is 36.5 Å². The number of methoxy groups -OCH3 is 1. The first kappa shape index (κ1) is 20.3. The molecule has 0 saturated carbocycles. The molecule has 1 aromatic carbocycles. The largest absolute Gasteiger partial charge is 0.469 e. The Bertz CT molecular complexity index is 736. The molecule has 152 valence electrons. The highest BCUT2D eigenvalue weighted by Gasteiger charge is 2.60. The molecule has 0 aliphatic carbocycles. The maximum Gasteiger partial charge on any atom is 0.338 e. The Labute approximate surface area is 165 Å². The summed E-state index contributed by atoms with van der Waals surface area (Å²) in [6, 6.07) is 9.01. The molecular weight excluding hydrogens is 362 g/mol. The average Bonchev–Trinajstić information content (AvgIpc) is 2.86. The summed E-state index contributed by atoms with van der Waals surface area (Å²) in [6.07, 6.45) is 1.86. The summed E-state index contributed by atoms with van der Waals surface area (Å²) in [5.41, 5.74) is 0.469. The van der Waals surface area contributed by atoms with Crippen LogP contribution in [0.2, 0.25) is 0 Å². The van der Waals surface area contributed by atoms with Gasteiger partial charge in [0.1, 0.15) is 31.2 Å². The number of quaternary nitrogens is 1. The second-order valence-electron chi connectivity index (χ2n) is 7.80. The molecule has 2 saturated heterocycles. The van der Waals surface area contributed by atoms with E-state index in [1.54, 1.807) is 24.3 Å². The third-order valence-electron chi connectivity index (χ3n) is 6.33. The van der Waals surface area contributed by atoms with Gasteiger partial charge in [-0.2, -0.15) is 0 Å². The number of nitrogens with zero attached hydrogens (tertiary/aromatic N) is 1. The van der Waals surface area contributed by atoms with Crippen LogP contribution in [0.4, 0.5) is 0 Å². The fraction of sp³-hybridized carbons (Fsp3) is 0.571. The molecule has 0 radical (unpaired) electrons. The maximum absolute atomic E-state index is 12.6. The molecule has 3 rings (SSSR count). The molecule has 7 heteroatoms. The van der Waals surface area contributed by atoms with Crippen molar-refractivity contribution >= 4 is 17.9 Å². The van der Waals surface area contributed by atoms with Gasteiger partial charge in [-0.15, -0.1) is 0 Å². The zero-order chi connectivity index (χ0) is 20.3. The first-order chi connectivity index (χ1) is 13.4. The van der Waals surface area contributed by atoms with Crippen LogP contribution in [-0.4, -0.2) is 67.9 Å². The van der Waals surface area contributed by atoms with Crippen LogP contribution in [-0.2, 0) is 23.8 Å². The number of esters is 3. The SMILES string of the molecule is COC(=O)[C@H]1[C@@H](OC(=O)c2ccccc2)C[C@@H]2CC[C@H]1[N+]2(C)CCOC(C)=O. The monoisotopic (exact) mass is 390 g/mol. The van der Waals surface area contributed by atoms with Crippen LogP contribution < -0.4 is 0 Å². The molecule has 0 amide bonds. The van der Waals surface area contributed by atoms with Crippen molar-refractivity contribution in [3.05, 3.63) is 35.9 Å². The lowest BCUT2D eigenvalue weighted by atomic mass is 9.85. The van der Waals surface area contributed by atoms with Gasteiger partial charge in [0, 0.05) is 26.2 Å². The van der Waals surface area contributed by atoms with Crippen molar-refractivity contribution in [2.45, 2.75) is 44.4 Å². The summed E-state index contributed by atoms with van der Waals surface area (Å²) in [7, 11) is 3.46. The van der Waals surface area contributed by atoms with E-state index in [1.807, 2.05) is 6.07 Å². The number of piperidine rings is 1. The Morgan fingerprint density at radius 3 is 2.50 bits per heavy atom. The van der Waals surface area contributed by atoms with Crippen LogP contribution in [0.15, 0.2) is 30.3 Å². The topological polar surface area (TPSA) is 78.9 Å². The van der Waals surface area contributed by atoms with E-state index in [2.05, 4.69) is 7.05 Å². The number of likely N-dealkylation sites (N-methyl/N-ethyl adjacent to an activating group) is 1. The fourth-order valence-electron chi connectivity index (χ4n) is 4.87. The molecular formula is C21H28NO6+. The molecule has 2 bridgehead atoms. The van der Waals surface area contributed by atoms with Gasteiger partial charge in [-0.25, -0.2) is 4.79 Å². The van der Waals surface area contributed by atoms with Crippen molar-refractivity contribution < 1.29 is 33.1 Å². The van der Waals surface area contributed by atoms with Crippen molar-refractivity contribution in [3.8, 4) is 0 Å². The Morgan fingerprint density at radius 2 is 1.86 bits per heavy atom. The number of benzene rings is 1. The highest BCUT2D eigenvalue weighted by atomic mass is 16.6. The van der Waals surface area contributed by atoms with Crippen LogP contribution in [0.25, 0.3) is 0 Å². The number of rotatable bonds is 6. The van der Waals surface area contributed by atoms with Gasteiger partial charge in [-0.05, 0) is 12.1 Å². The fourth-order valence-corrected chi connectivity index (χ4v) is 4.87. The van der Waals surface area contributed by atoms with Gasteiger partial charge >= 0.3 is 17.9 Å². The normalized spacial score (nSPS) is 31.1. The third kappa shape index (κ3) is 3.90. The van der Waals surface area contributed by atoms with E-state index < -0.39 is 18.0 Å². The molecule has 2 fully saturated rings. The average molecular weight is 390 g/mol. The van der Waals surface area contributed by atoms with Crippen molar-refractivity contribution in [1.29, 1.82) is 0 Å². The third-order valence-corrected chi connectivity index (χ3v) is 6.33. The smallest absolute Gasteiger partial charge is 0.338 e. The van der Waals surface area contributed by atoms with Crippen LogP contribution >= 0.6 is 0 Å². The first-order valence-electron chi connectivity index (χ1n) is 9.69. The lowest BCUT2D eigenvalue weighted by molar-refractivity contribution is -0.952. The molecule has 28 heavy (non-hydrogen) atoms. The summed E-state index contributed by atoms with van der Waals surface area (Å²) in [6.45, 7) is 2.32. The van der Waals surface area contributed by atoms with E-state index >= 15 is 0 Å². The van der Waals surface area contributed by atoms with E-state index in [9.17, 15) is 14.4 Å². The number of hydrogen-bond acceptors (Lipinski definition) is 6. The van der Waals surface area contributed by atoms with Gasteiger partial charge < -0.3 is 18.7 Å². The lowest BCUT2D eigenvalue weighted by Gasteiger charge is -2.49. The summed E-state index contributed by atoms with van der Waals surface area (Å²) in [5, 5.41) is 0. The standard InChI is InChI=1S/C21H28NO6/c1-14(23)27-12-11-22(2)16-9-10-17(22)19(21(25)26-3)18(13-16)28-20(24)15-7-5-4-6-8-15/h4-8,16-19H,9-13H2,1-3H3/q+1/t16-,17+,18-,19+,22?/m0/s1.